The Bertz CT molecular complexity index is 307. The molecule has 0 aromatic carbocycles. The van der Waals surface area contributed by atoms with Crippen LogP contribution in [-0.4, -0.2) is 90.0 Å². The van der Waals surface area contributed by atoms with Crippen LogP contribution in [0.4, 0.5) is 0 Å². The standard InChI is InChI=1S/C17H31NO6/c19-7-1-8-21-10-12-23-14-15-24-13-11-22-9-6-18-4-2-17(16-20)3-5-18/h7,16-17H,1-6,8-15H2. The van der Waals surface area contributed by atoms with Crippen LogP contribution in [0.3, 0.4) is 0 Å². The van der Waals surface area contributed by atoms with Gasteiger partial charge in [0.1, 0.15) is 12.6 Å². The van der Waals surface area contributed by atoms with Gasteiger partial charge in [0.15, 0.2) is 0 Å². The molecule has 0 amide bonds. The zero-order chi connectivity index (χ0) is 17.3. The van der Waals surface area contributed by atoms with Crippen LogP contribution in [-0.2, 0) is 28.5 Å². The Balaban J connectivity index is 1.73. The van der Waals surface area contributed by atoms with Gasteiger partial charge in [0.2, 0.25) is 0 Å². The van der Waals surface area contributed by atoms with Gasteiger partial charge in [-0.2, -0.15) is 0 Å². The van der Waals surface area contributed by atoms with Crippen LogP contribution in [0.15, 0.2) is 0 Å². The molecule has 0 N–H and O–H groups in total. The highest BCUT2D eigenvalue weighted by Crippen LogP contribution is 2.14. The first-order valence-electron chi connectivity index (χ1n) is 8.79. The molecule has 0 bridgehead atoms. The van der Waals surface area contributed by atoms with Crippen LogP contribution < -0.4 is 0 Å². The van der Waals surface area contributed by atoms with Gasteiger partial charge in [-0.25, -0.2) is 0 Å². The van der Waals surface area contributed by atoms with E-state index in [1.165, 1.54) is 0 Å². The van der Waals surface area contributed by atoms with Crippen LogP contribution in [0.5, 0.6) is 0 Å². The Kier molecular flexibility index (Phi) is 13.8. The van der Waals surface area contributed by atoms with E-state index in [9.17, 15) is 9.59 Å². The van der Waals surface area contributed by atoms with Gasteiger partial charge in [0.05, 0.1) is 52.9 Å². The van der Waals surface area contributed by atoms with Crippen LogP contribution in [0.2, 0.25) is 0 Å². The van der Waals surface area contributed by atoms with Crippen molar-refractivity contribution in [1.29, 1.82) is 0 Å². The number of nitrogens with zero attached hydrogens (tertiary/aromatic N) is 1. The van der Waals surface area contributed by atoms with Crippen LogP contribution in [0.25, 0.3) is 0 Å². The van der Waals surface area contributed by atoms with E-state index in [-0.39, 0.29) is 5.92 Å². The lowest BCUT2D eigenvalue weighted by atomic mass is 9.99. The molecule has 1 heterocycles. The lowest BCUT2D eigenvalue weighted by Gasteiger charge is -2.29. The topological polar surface area (TPSA) is 74.3 Å². The molecule has 7 nitrogen and oxygen atoms in total. The van der Waals surface area contributed by atoms with E-state index in [0.717, 1.165) is 45.0 Å². The molecule has 1 fully saturated rings. The van der Waals surface area contributed by atoms with Crippen molar-refractivity contribution in [3.05, 3.63) is 0 Å². The molecule has 0 aromatic rings. The maximum atomic E-state index is 10.7. The first kappa shape index (κ1) is 21.2. The van der Waals surface area contributed by atoms with Crippen LogP contribution >= 0.6 is 0 Å². The number of aldehydes is 2. The second-order valence-electron chi connectivity index (χ2n) is 5.72. The SMILES string of the molecule is O=CCCOCCOCCOCCOCCN1CCC(C=O)CC1. The highest BCUT2D eigenvalue weighted by atomic mass is 16.6. The molecule has 1 aliphatic heterocycles. The summed E-state index contributed by atoms with van der Waals surface area (Å²) in [5.41, 5.74) is 0. The van der Waals surface area contributed by atoms with Crippen molar-refractivity contribution in [3.63, 3.8) is 0 Å². The molecule has 1 rings (SSSR count). The normalized spacial score (nSPS) is 16.3. The molecule has 0 saturated carbocycles. The predicted molar refractivity (Wildman–Crippen MR) is 89.2 cm³/mol. The fraction of sp³-hybridized carbons (Fsp3) is 0.882. The number of carbonyl (C=O) groups is 2. The zero-order valence-corrected chi connectivity index (χ0v) is 14.5. The molecule has 0 atom stereocenters. The van der Waals surface area contributed by atoms with Gasteiger partial charge in [-0.3, -0.25) is 0 Å². The minimum absolute atomic E-state index is 0.251. The molecule has 0 radical (unpaired) electrons. The number of ether oxygens (including phenoxy) is 4. The van der Waals surface area contributed by atoms with Crippen LogP contribution in [0.1, 0.15) is 19.3 Å². The van der Waals surface area contributed by atoms with Crippen molar-refractivity contribution in [2.75, 3.05) is 72.5 Å². The molecule has 140 valence electrons. The summed E-state index contributed by atoms with van der Waals surface area (Å²) in [5.74, 6) is 0.251. The Morgan fingerprint density at radius 1 is 0.750 bits per heavy atom. The molecule has 1 aliphatic rings. The highest BCUT2D eigenvalue weighted by Gasteiger charge is 2.17. The third-order valence-electron chi connectivity index (χ3n) is 3.87. The second kappa shape index (κ2) is 15.7. The third-order valence-corrected chi connectivity index (χ3v) is 3.87. The molecule has 1 saturated heterocycles. The highest BCUT2D eigenvalue weighted by molar-refractivity contribution is 5.53. The van der Waals surface area contributed by atoms with Crippen molar-refractivity contribution in [2.45, 2.75) is 19.3 Å². The fourth-order valence-electron chi connectivity index (χ4n) is 2.40. The summed E-state index contributed by atoms with van der Waals surface area (Å²) in [6.07, 6.45) is 4.28. The van der Waals surface area contributed by atoms with Gasteiger partial charge in [0, 0.05) is 18.9 Å². The summed E-state index contributed by atoms with van der Waals surface area (Å²) in [6.45, 7) is 7.27. The Labute approximate surface area is 144 Å². The Morgan fingerprint density at radius 3 is 1.75 bits per heavy atom. The number of carbonyl (C=O) groups excluding carboxylic acids is 2. The lowest BCUT2D eigenvalue weighted by molar-refractivity contribution is -0.112. The summed E-state index contributed by atoms with van der Waals surface area (Å²) < 4.78 is 21.5. The van der Waals surface area contributed by atoms with Crippen molar-refractivity contribution in [3.8, 4) is 0 Å². The van der Waals surface area contributed by atoms with Crippen molar-refractivity contribution in [1.82, 2.24) is 4.90 Å². The predicted octanol–water partition coefficient (Wildman–Crippen LogP) is 0.553. The van der Waals surface area contributed by atoms with E-state index in [4.69, 9.17) is 18.9 Å². The van der Waals surface area contributed by atoms with Gasteiger partial charge in [0.25, 0.3) is 0 Å². The van der Waals surface area contributed by atoms with E-state index < -0.39 is 0 Å². The third kappa shape index (κ3) is 11.6. The number of hydrogen-bond acceptors (Lipinski definition) is 7. The summed E-state index contributed by atoms with van der Waals surface area (Å²) in [7, 11) is 0. The van der Waals surface area contributed by atoms with E-state index in [2.05, 4.69) is 4.90 Å². The molecule has 0 aromatic heterocycles. The van der Waals surface area contributed by atoms with Crippen LogP contribution in [0, 0.1) is 5.92 Å². The maximum absolute atomic E-state index is 10.7. The number of piperidine rings is 1. The quantitative estimate of drug-likeness (QED) is 0.299. The number of rotatable bonds is 16. The molecule has 0 aliphatic carbocycles. The molecule has 0 unspecified atom stereocenters. The average Bonchev–Trinajstić information content (AvgIpc) is 2.62. The largest absolute Gasteiger partial charge is 0.379 e. The van der Waals surface area contributed by atoms with E-state index >= 15 is 0 Å². The smallest absolute Gasteiger partial charge is 0.123 e. The molecular formula is C17H31NO6. The molecular weight excluding hydrogens is 314 g/mol. The Morgan fingerprint density at radius 2 is 1.25 bits per heavy atom. The summed E-state index contributed by atoms with van der Waals surface area (Å²) >= 11 is 0. The molecule has 24 heavy (non-hydrogen) atoms. The fourth-order valence-corrected chi connectivity index (χ4v) is 2.40. The van der Waals surface area contributed by atoms with Crippen molar-refractivity contribution >= 4 is 12.6 Å². The van der Waals surface area contributed by atoms with Gasteiger partial charge in [-0.05, 0) is 25.9 Å². The minimum Gasteiger partial charge on any atom is -0.379 e. The average molecular weight is 345 g/mol. The summed E-state index contributed by atoms with van der Waals surface area (Å²) in [4.78, 5) is 23.1. The van der Waals surface area contributed by atoms with Crippen molar-refractivity contribution < 1.29 is 28.5 Å². The van der Waals surface area contributed by atoms with E-state index in [1.807, 2.05) is 0 Å². The van der Waals surface area contributed by atoms with Gasteiger partial charge in [-0.1, -0.05) is 0 Å². The monoisotopic (exact) mass is 345 g/mol. The van der Waals surface area contributed by atoms with Gasteiger partial charge < -0.3 is 33.4 Å². The van der Waals surface area contributed by atoms with Crippen molar-refractivity contribution in [2.24, 2.45) is 5.92 Å². The maximum Gasteiger partial charge on any atom is 0.123 e. The first-order valence-corrected chi connectivity index (χ1v) is 8.79. The van der Waals surface area contributed by atoms with E-state index in [0.29, 0.717) is 59.3 Å². The second-order valence-corrected chi connectivity index (χ2v) is 5.72. The zero-order valence-electron chi connectivity index (χ0n) is 14.5. The number of hydrogen-bond donors (Lipinski definition) is 0. The summed E-state index contributed by atoms with van der Waals surface area (Å²) in [6, 6.07) is 0. The first-order chi connectivity index (χ1) is 11.9. The molecule has 0 spiro atoms. The number of likely N-dealkylation sites (tertiary alicyclic amines) is 1. The summed E-state index contributed by atoms with van der Waals surface area (Å²) in [5, 5.41) is 0. The van der Waals surface area contributed by atoms with Gasteiger partial charge in [-0.15, -0.1) is 0 Å². The molecule has 7 heteroatoms. The van der Waals surface area contributed by atoms with Gasteiger partial charge >= 0.3 is 0 Å². The van der Waals surface area contributed by atoms with E-state index in [1.54, 1.807) is 0 Å². The minimum atomic E-state index is 0.251. The Hall–Kier alpha value is -0.860. The lowest BCUT2D eigenvalue weighted by Crippen LogP contribution is -2.36.